The molecule has 0 atom stereocenters. The van der Waals surface area contributed by atoms with E-state index in [0.29, 0.717) is 0 Å². The second-order valence-electron chi connectivity index (χ2n) is 4.90. The lowest BCUT2D eigenvalue weighted by Gasteiger charge is -2.22. The van der Waals surface area contributed by atoms with Crippen LogP contribution < -0.4 is 5.32 Å². The van der Waals surface area contributed by atoms with Crippen LogP contribution >= 0.6 is 0 Å². The maximum Gasteiger partial charge on any atom is 0.317 e. The molecule has 0 bridgehead atoms. The van der Waals surface area contributed by atoms with E-state index < -0.39 is 22.0 Å². The number of hydrogen-bond donors (Lipinski definition) is 2. The Morgan fingerprint density at radius 3 is 2.35 bits per heavy atom. The van der Waals surface area contributed by atoms with Crippen molar-refractivity contribution in [1.82, 2.24) is 14.5 Å². The van der Waals surface area contributed by atoms with E-state index in [0.717, 1.165) is 17.1 Å². The number of amides is 2. The number of hydrogen-bond acceptors (Lipinski definition) is 4. The minimum atomic E-state index is -3.34. The van der Waals surface area contributed by atoms with Gasteiger partial charge in [-0.3, -0.25) is 4.79 Å². The molecule has 1 aliphatic carbocycles. The topological polar surface area (TPSA) is 107 Å². The van der Waals surface area contributed by atoms with Gasteiger partial charge in [0.2, 0.25) is 10.0 Å². The molecule has 1 aliphatic rings. The van der Waals surface area contributed by atoms with Crippen molar-refractivity contribution in [3.05, 3.63) is 0 Å². The van der Waals surface area contributed by atoms with E-state index in [9.17, 15) is 18.0 Å². The number of carbonyl (C=O) groups excluding carboxylic acids is 1. The van der Waals surface area contributed by atoms with Gasteiger partial charge in [0.1, 0.15) is 0 Å². The molecule has 0 aliphatic heterocycles. The maximum absolute atomic E-state index is 11.9. The molecular weight excluding hydrogens is 286 g/mol. The average molecular weight is 307 g/mol. The molecular formula is C11H21N3O5S. The summed E-state index contributed by atoms with van der Waals surface area (Å²) in [5.74, 6) is -1.14. The van der Waals surface area contributed by atoms with Crippen molar-refractivity contribution < 1.29 is 23.1 Å². The molecule has 0 heterocycles. The number of carboxylic acid groups (broad SMARTS) is 1. The van der Waals surface area contributed by atoms with Crippen molar-refractivity contribution >= 4 is 22.0 Å². The second-order valence-corrected chi connectivity index (χ2v) is 7.20. The summed E-state index contributed by atoms with van der Waals surface area (Å²) in [6.45, 7) is 0.155. The third kappa shape index (κ3) is 5.33. The van der Waals surface area contributed by atoms with Gasteiger partial charge in [0.25, 0.3) is 0 Å². The monoisotopic (exact) mass is 307 g/mol. The molecule has 8 nitrogen and oxygen atoms in total. The fraction of sp³-hybridized carbons (Fsp3) is 0.818. The number of carboxylic acids is 1. The SMILES string of the molecule is CN(C)S(=O)(=O)CCNC(=O)N(CCC(=O)O)C1CC1. The molecule has 1 fully saturated rings. The lowest BCUT2D eigenvalue weighted by Crippen LogP contribution is -2.44. The first-order valence-electron chi connectivity index (χ1n) is 6.40. The Kier molecular flexibility index (Phi) is 5.75. The largest absolute Gasteiger partial charge is 0.481 e. The van der Waals surface area contributed by atoms with Gasteiger partial charge < -0.3 is 15.3 Å². The van der Waals surface area contributed by atoms with Crippen molar-refractivity contribution in [3.63, 3.8) is 0 Å². The Morgan fingerprint density at radius 2 is 1.90 bits per heavy atom. The van der Waals surface area contributed by atoms with Crippen LogP contribution in [0.2, 0.25) is 0 Å². The fourth-order valence-electron chi connectivity index (χ4n) is 1.62. The van der Waals surface area contributed by atoms with E-state index in [-0.39, 0.29) is 31.3 Å². The minimum Gasteiger partial charge on any atom is -0.481 e. The van der Waals surface area contributed by atoms with Crippen LogP contribution in [0.1, 0.15) is 19.3 Å². The smallest absolute Gasteiger partial charge is 0.317 e. The van der Waals surface area contributed by atoms with Gasteiger partial charge >= 0.3 is 12.0 Å². The van der Waals surface area contributed by atoms with Crippen molar-refractivity contribution in [2.24, 2.45) is 0 Å². The first-order valence-corrected chi connectivity index (χ1v) is 8.01. The molecule has 1 rings (SSSR count). The second kappa shape index (κ2) is 6.89. The first kappa shape index (κ1) is 16.7. The molecule has 20 heavy (non-hydrogen) atoms. The van der Waals surface area contributed by atoms with Crippen LogP contribution in [0, 0.1) is 0 Å². The molecule has 2 amide bonds. The number of sulfonamides is 1. The third-order valence-electron chi connectivity index (χ3n) is 3.01. The van der Waals surface area contributed by atoms with Crippen LogP contribution in [0.25, 0.3) is 0 Å². The van der Waals surface area contributed by atoms with E-state index in [1.165, 1.54) is 19.0 Å². The molecule has 0 unspecified atom stereocenters. The van der Waals surface area contributed by atoms with Crippen molar-refractivity contribution in [3.8, 4) is 0 Å². The van der Waals surface area contributed by atoms with Gasteiger partial charge in [-0.05, 0) is 12.8 Å². The lowest BCUT2D eigenvalue weighted by atomic mass is 10.4. The van der Waals surface area contributed by atoms with Crippen LogP contribution in [-0.2, 0) is 14.8 Å². The van der Waals surface area contributed by atoms with Gasteiger partial charge in [-0.15, -0.1) is 0 Å². The Bertz CT molecular complexity index is 459. The van der Waals surface area contributed by atoms with Gasteiger partial charge in [-0.2, -0.15) is 0 Å². The third-order valence-corrected chi connectivity index (χ3v) is 4.84. The quantitative estimate of drug-likeness (QED) is 0.630. The van der Waals surface area contributed by atoms with Crippen LogP contribution in [0.5, 0.6) is 0 Å². The summed E-state index contributed by atoms with van der Waals surface area (Å²) < 4.78 is 24.2. The molecule has 0 aromatic heterocycles. The normalized spacial score (nSPS) is 15.2. The number of nitrogens with zero attached hydrogens (tertiary/aromatic N) is 2. The molecule has 0 radical (unpaired) electrons. The van der Waals surface area contributed by atoms with E-state index in [2.05, 4.69) is 5.32 Å². The number of aliphatic carboxylic acids is 1. The zero-order chi connectivity index (χ0) is 15.3. The van der Waals surface area contributed by atoms with Crippen molar-refractivity contribution in [1.29, 1.82) is 0 Å². The number of urea groups is 1. The molecule has 0 spiro atoms. The highest BCUT2D eigenvalue weighted by Crippen LogP contribution is 2.26. The molecule has 0 aromatic carbocycles. The average Bonchev–Trinajstić information content (AvgIpc) is 3.12. The highest BCUT2D eigenvalue weighted by atomic mass is 32.2. The van der Waals surface area contributed by atoms with E-state index in [4.69, 9.17) is 5.11 Å². The van der Waals surface area contributed by atoms with E-state index in [1.54, 1.807) is 0 Å². The van der Waals surface area contributed by atoms with Gasteiger partial charge in [0.05, 0.1) is 12.2 Å². The predicted octanol–water partition coefficient (Wildman–Crippen LogP) is -0.473. The molecule has 1 saturated carbocycles. The summed E-state index contributed by atoms with van der Waals surface area (Å²) in [5, 5.41) is 11.2. The summed E-state index contributed by atoms with van der Waals surface area (Å²) in [5.41, 5.74) is 0. The predicted molar refractivity (Wildman–Crippen MR) is 72.9 cm³/mol. The molecule has 2 N–H and O–H groups in total. The van der Waals surface area contributed by atoms with E-state index in [1.807, 2.05) is 0 Å². The summed E-state index contributed by atoms with van der Waals surface area (Å²) in [7, 11) is -0.482. The lowest BCUT2D eigenvalue weighted by molar-refractivity contribution is -0.137. The summed E-state index contributed by atoms with van der Waals surface area (Å²) in [6, 6.07) is -0.317. The molecule has 0 aromatic rings. The maximum atomic E-state index is 11.9. The number of carbonyl (C=O) groups is 2. The Labute approximate surface area is 118 Å². The van der Waals surface area contributed by atoms with Gasteiger partial charge in [-0.25, -0.2) is 17.5 Å². The fourth-order valence-corrected chi connectivity index (χ4v) is 2.35. The van der Waals surface area contributed by atoms with Crippen LogP contribution in [0.3, 0.4) is 0 Å². The van der Waals surface area contributed by atoms with Crippen LogP contribution in [-0.4, -0.2) is 73.7 Å². The van der Waals surface area contributed by atoms with E-state index >= 15 is 0 Å². The van der Waals surface area contributed by atoms with Gasteiger partial charge in [0, 0.05) is 33.2 Å². The minimum absolute atomic E-state index is 0.00956. The highest BCUT2D eigenvalue weighted by Gasteiger charge is 2.32. The van der Waals surface area contributed by atoms with Gasteiger partial charge in [-0.1, -0.05) is 0 Å². The Morgan fingerprint density at radius 1 is 1.30 bits per heavy atom. The summed E-state index contributed by atoms with van der Waals surface area (Å²) in [4.78, 5) is 23.9. The highest BCUT2D eigenvalue weighted by molar-refractivity contribution is 7.89. The zero-order valence-corrected chi connectivity index (χ0v) is 12.5. The van der Waals surface area contributed by atoms with Crippen LogP contribution in [0.4, 0.5) is 4.79 Å². The van der Waals surface area contributed by atoms with Gasteiger partial charge in [0.15, 0.2) is 0 Å². The number of rotatable bonds is 8. The Hall–Kier alpha value is -1.35. The Balaban J connectivity index is 2.41. The number of nitrogens with one attached hydrogen (secondary N) is 1. The van der Waals surface area contributed by atoms with Crippen LogP contribution in [0.15, 0.2) is 0 Å². The standard InChI is InChI=1S/C11H21N3O5S/c1-13(2)20(18,19)8-6-12-11(17)14(9-3-4-9)7-5-10(15)16/h9H,3-8H2,1-2H3,(H,12,17)(H,15,16). The molecule has 116 valence electrons. The summed E-state index contributed by atoms with van der Waals surface area (Å²) in [6.07, 6.45) is 1.62. The zero-order valence-electron chi connectivity index (χ0n) is 11.7. The van der Waals surface area contributed by atoms with Crippen molar-refractivity contribution in [2.75, 3.05) is 32.9 Å². The first-order chi connectivity index (χ1) is 9.24. The molecule has 9 heteroatoms. The van der Waals surface area contributed by atoms with Crippen molar-refractivity contribution in [2.45, 2.75) is 25.3 Å². The molecule has 0 saturated heterocycles. The summed E-state index contributed by atoms with van der Waals surface area (Å²) >= 11 is 0.